The highest BCUT2D eigenvalue weighted by Crippen LogP contribution is 2.02. The number of guanidine groups is 1. The molecule has 0 atom stereocenters. The summed E-state index contributed by atoms with van der Waals surface area (Å²) in [6, 6.07) is 10.4. The lowest BCUT2D eigenvalue weighted by molar-refractivity contribution is -0.131. The van der Waals surface area contributed by atoms with Gasteiger partial charge in [0.15, 0.2) is 5.96 Å². The maximum absolute atomic E-state index is 12.2. The third-order valence-corrected chi connectivity index (χ3v) is 3.91. The Morgan fingerprint density at radius 1 is 1.12 bits per heavy atom. The first kappa shape index (κ1) is 20.0. The van der Waals surface area contributed by atoms with Gasteiger partial charge in [-0.15, -0.1) is 0 Å². The number of aliphatic imine (C=N–C) groups is 1. The molecule has 0 fully saturated rings. The van der Waals surface area contributed by atoms with Crippen molar-refractivity contribution in [1.82, 2.24) is 15.1 Å². The summed E-state index contributed by atoms with van der Waals surface area (Å²) < 4.78 is 0. The predicted molar refractivity (Wildman–Crippen MR) is 101 cm³/mol. The topological polar surface area (TPSA) is 47.9 Å². The van der Waals surface area contributed by atoms with Crippen LogP contribution < -0.4 is 5.32 Å². The number of hydrogen-bond donors (Lipinski definition) is 1. The van der Waals surface area contributed by atoms with Gasteiger partial charge in [0.25, 0.3) is 0 Å². The molecule has 0 aliphatic carbocycles. The van der Waals surface area contributed by atoms with Crippen molar-refractivity contribution in [2.75, 3.05) is 39.8 Å². The normalized spacial score (nSPS) is 11.2. The molecule has 0 saturated heterocycles. The van der Waals surface area contributed by atoms with Crippen molar-refractivity contribution in [2.24, 2.45) is 4.99 Å². The summed E-state index contributed by atoms with van der Waals surface area (Å²) in [5.74, 6) is 0.934. The molecule has 1 N–H and O–H groups in total. The Bertz CT molecular complexity index is 497. The van der Waals surface area contributed by atoms with E-state index in [4.69, 9.17) is 0 Å². The van der Waals surface area contributed by atoms with E-state index in [9.17, 15) is 4.79 Å². The van der Waals surface area contributed by atoms with Gasteiger partial charge in [-0.2, -0.15) is 0 Å². The molecule has 1 aromatic carbocycles. The number of carbonyl (C=O) groups is 1. The molecule has 1 aromatic rings. The van der Waals surface area contributed by atoms with Crippen LogP contribution in [0.15, 0.2) is 35.3 Å². The molecule has 5 nitrogen and oxygen atoms in total. The van der Waals surface area contributed by atoms with Crippen molar-refractivity contribution < 1.29 is 4.79 Å². The number of amides is 1. The van der Waals surface area contributed by atoms with Gasteiger partial charge in [-0.1, -0.05) is 30.3 Å². The number of carbonyl (C=O) groups excluding carboxylic acids is 1. The van der Waals surface area contributed by atoms with E-state index in [0.29, 0.717) is 6.54 Å². The fraction of sp³-hybridized carbons (Fsp3) is 0.579. The summed E-state index contributed by atoms with van der Waals surface area (Å²) in [6.45, 7) is 9.44. The summed E-state index contributed by atoms with van der Waals surface area (Å²) in [6.07, 6.45) is 2.02. The fourth-order valence-electron chi connectivity index (χ4n) is 2.54. The van der Waals surface area contributed by atoms with Crippen molar-refractivity contribution in [3.8, 4) is 0 Å². The Hall–Kier alpha value is -2.04. The van der Waals surface area contributed by atoms with E-state index in [1.807, 2.05) is 43.7 Å². The average molecular weight is 332 g/mol. The van der Waals surface area contributed by atoms with Gasteiger partial charge in [-0.3, -0.25) is 9.79 Å². The van der Waals surface area contributed by atoms with Crippen LogP contribution in [-0.2, 0) is 11.2 Å². The van der Waals surface area contributed by atoms with Crippen LogP contribution in [0.1, 0.15) is 32.8 Å². The van der Waals surface area contributed by atoms with Gasteiger partial charge in [0.1, 0.15) is 0 Å². The lowest BCUT2D eigenvalue weighted by Crippen LogP contribution is -2.45. The van der Waals surface area contributed by atoms with Gasteiger partial charge in [0.05, 0.1) is 6.54 Å². The molecule has 134 valence electrons. The molecule has 0 saturated carbocycles. The van der Waals surface area contributed by atoms with Crippen molar-refractivity contribution in [3.63, 3.8) is 0 Å². The lowest BCUT2D eigenvalue weighted by Gasteiger charge is -2.25. The van der Waals surface area contributed by atoms with Crippen LogP contribution >= 0.6 is 0 Å². The number of hydrogen-bond acceptors (Lipinski definition) is 2. The zero-order valence-corrected chi connectivity index (χ0v) is 15.6. The van der Waals surface area contributed by atoms with Gasteiger partial charge in [0, 0.05) is 33.2 Å². The summed E-state index contributed by atoms with van der Waals surface area (Å²) in [5, 5.41) is 3.27. The maximum Gasteiger partial charge on any atom is 0.242 e. The van der Waals surface area contributed by atoms with Gasteiger partial charge < -0.3 is 15.1 Å². The molecular weight excluding hydrogens is 300 g/mol. The Labute approximate surface area is 146 Å². The number of aryl methyl sites for hydroxylation is 1. The molecule has 24 heavy (non-hydrogen) atoms. The zero-order chi connectivity index (χ0) is 17.8. The Balaban J connectivity index is 2.52. The van der Waals surface area contributed by atoms with Gasteiger partial charge in [-0.05, 0) is 39.2 Å². The second-order valence-electron chi connectivity index (χ2n) is 5.75. The smallest absolute Gasteiger partial charge is 0.242 e. The average Bonchev–Trinajstić information content (AvgIpc) is 2.59. The van der Waals surface area contributed by atoms with Crippen molar-refractivity contribution in [2.45, 2.75) is 33.6 Å². The minimum Gasteiger partial charge on any atom is -0.357 e. The molecule has 0 aliphatic rings. The third kappa shape index (κ3) is 7.02. The number of benzene rings is 1. The van der Waals surface area contributed by atoms with Gasteiger partial charge in [0.2, 0.25) is 5.91 Å². The first-order valence-electron chi connectivity index (χ1n) is 8.93. The third-order valence-electron chi connectivity index (χ3n) is 3.91. The van der Waals surface area contributed by atoms with E-state index in [1.54, 1.807) is 0 Å². The SMILES string of the molecule is CCNC(=NCCCc1ccccc1)N(C)CC(=O)N(CC)CC. The molecule has 1 amide bonds. The summed E-state index contributed by atoms with van der Waals surface area (Å²) in [5.41, 5.74) is 1.34. The van der Waals surface area contributed by atoms with Gasteiger partial charge in [-0.25, -0.2) is 0 Å². The van der Waals surface area contributed by atoms with Crippen molar-refractivity contribution in [1.29, 1.82) is 0 Å². The number of rotatable bonds is 9. The van der Waals surface area contributed by atoms with Crippen molar-refractivity contribution in [3.05, 3.63) is 35.9 Å². The van der Waals surface area contributed by atoms with E-state index < -0.39 is 0 Å². The zero-order valence-electron chi connectivity index (χ0n) is 15.6. The second-order valence-corrected chi connectivity index (χ2v) is 5.75. The highest BCUT2D eigenvalue weighted by molar-refractivity contribution is 5.86. The molecular formula is C19H32N4O. The van der Waals surface area contributed by atoms with Crippen LogP contribution in [0.5, 0.6) is 0 Å². The molecule has 1 rings (SSSR count). The van der Waals surface area contributed by atoms with E-state index in [2.05, 4.69) is 34.6 Å². The first-order chi connectivity index (χ1) is 11.6. The molecule has 0 unspecified atom stereocenters. The number of likely N-dealkylation sites (N-methyl/N-ethyl adjacent to an activating group) is 2. The molecule has 5 heteroatoms. The monoisotopic (exact) mass is 332 g/mol. The maximum atomic E-state index is 12.2. The van der Waals surface area contributed by atoms with Crippen LogP contribution in [0.2, 0.25) is 0 Å². The lowest BCUT2D eigenvalue weighted by atomic mass is 10.1. The first-order valence-corrected chi connectivity index (χ1v) is 8.93. The molecule has 0 heterocycles. The van der Waals surface area contributed by atoms with E-state index in [-0.39, 0.29) is 5.91 Å². The highest BCUT2D eigenvalue weighted by Gasteiger charge is 2.14. The summed E-state index contributed by atoms with van der Waals surface area (Å²) in [4.78, 5) is 20.6. The van der Waals surface area contributed by atoms with E-state index in [1.165, 1.54) is 5.56 Å². The molecule has 0 aromatic heterocycles. The minimum atomic E-state index is 0.136. The fourth-order valence-corrected chi connectivity index (χ4v) is 2.54. The van der Waals surface area contributed by atoms with Crippen LogP contribution in [0, 0.1) is 0 Å². The number of nitrogens with zero attached hydrogens (tertiary/aromatic N) is 3. The van der Waals surface area contributed by atoms with Crippen LogP contribution in [-0.4, -0.2) is 61.4 Å². The van der Waals surface area contributed by atoms with Crippen LogP contribution in [0.25, 0.3) is 0 Å². The van der Waals surface area contributed by atoms with Crippen molar-refractivity contribution >= 4 is 11.9 Å². The standard InChI is InChI=1S/C19H32N4O/c1-5-20-19(22(4)16-18(24)23(6-2)7-3)21-15-11-14-17-12-9-8-10-13-17/h8-10,12-13H,5-7,11,14-16H2,1-4H3,(H,20,21). The summed E-state index contributed by atoms with van der Waals surface area (Å²) in [7, 11) is 1.92. The molecule has 0 radical (unpaired) electrons. The van der Waals surface area contributed by atoms with E-state index in [0.717, 1.165) is 45.0 Å². The largest absolute Gasteiger partial charge is 0.357 e. The minimum absolute atomic E-state index is 0.136. The molecule has 0 bridgehead atoms. The Morgan fingerprint density at radius 3 is 2.38 bits per heavy atom. The summed E-state index contributed by atoms with van der Waals surface area (Å²) >= 11 is 0. The predicted octanol–water partition coefficient (Wildman–Crippen LogP) is 2.38. The molecule has 0 spiro atoms. The van der Waals surface area contributed by atoms with Gasteiger partial charge >= 0.3 is 0 Å². The quantitative estimate of drug-likeness (QED) is 0.429. The van der Waals surface area contributed by atoms with Crippen LogP contribution in [0.3, 0.4) is 0 Å². The Kier molecular flexibility index (Phi) is 9.58. The highest BCUT2D eigenvalue weighted by atomic mass is 16.2. The molecule has 0 aliphatic heterocycles. The Morgan fingerprint density at radius 2 is 1.79 bits per heavy atom. The number of nitrogens with one attached hydrogen (secondary N) is 1. The van der Waals surface area contributed by atoms with E-state index >= 15 is 0 Å². The second kappa shape index (κ2) is 11.5. The van der Waals surface area contributed by atoms with Crippen LogP contribution in [0.4, 0.5) is 0 Å².